The predicted molar refractivity (Wildman–Crippen MR) is 80.5 cm³/mol. The van der Waals surface area contributed by atoms with E-state index >= 15 is 0 Å². The SMILES string of the molecule is CNCc1cc(N(C)CC2CC2)nc2ccccc12. The molecule has 0 spiro atoms. The minimum absolute atomic E-state index is 0.881. The number of para-hydroxylation sites is 1. The summed E-state index contributed by atoms with van der Waals surface area (Å²) in [5, 5.41) is 4.50. The Morgan fingerprint density at radius 3 is 2.84 bits per heavy atom. The second-order valence-electron chi connectivity index (χ2n) is 5.51. The Hall–Kier alpha value is -1.61. The minimum Gasteiger partial charge on any atom is -0.359 e. The van der Waals surface area contributed by atoms with Gasteiger partial charge in [-0.25, -0.2) is 4.98 Å². The first-order valence-corrected chi connectivity index (χ1v) is 7.02. The van der Waals surface area contributed by atoms with Crippen molar-refractivity contribution in [3.8, 4) is 0 Å². The number of nitrogens with one attached hydrogen (secondary N) is 1. The number of anilines is 1. The van der Waals surface area contributed by atoms with Crippen molar-refractivity contribution >= 4 is 16.7 Å². The lowest BCUT2D eigenvalue weighted by molar-refractivity contribution is 0.775. The molecule has 3 rings (SSSR count). The molecule has 19 heavy (non-hydrogen) atoms. The van der Waals surface area contributed by atoms with Crippen molar-refractivity contribution in [2.75, 3.05) is 25.5 Å². The fourth-order valence-electron chi connectivity index (χ4n) is 2.55. The lowest BCUT2D eigenvalue weighted by Gasteiger charge is -2.20. The largest absolute Gasteiger partial charge is 0.359 e. The Balaban J connectivity index is 1.99. The molecule has 1 heterocycles. The predicted octanol–water partition coefficient (Wildman–Crippen LogP) is 2.80. The van der Waals surface area contributed by atoms with Crippen molar-refractivity contribution in [1.82, 2.24) is 10.3 Å². The van der Waals surface area contributed by atoms with Crippen LogP contribution in [0.1, 0.15) is 18.4 Å². The molecule has 1 aromatic carbocycles. The highest BCUT2D eigenvalue weighted by atomic mass is 15.2. The maximum atomic E-state index is 4.80. The third-order valence-electron chi connectivity index (χ3n) is 3.78. The molecule has 1 aromatic heterocycles. The van der Waals surface area contributed by atoms with Crippen LogP contribution in [0.3, 0.4) is 0 Å². The highest BCUT2D eigenvalue weighted by Gasteiger charge is 2.23. The molecule has 0 atom stereocenters. The molecule has 0 radical (unpaired) electrons. The van der Waals surface area contributed by atoms with Crippen molar-refractivity contribution in [2.45, 2.75) is 19.4 Å². The summed E-state index contributed by atoms with van der Waals surface area (Å²) in [5.41, 5.74) is 2.42. The zero-order valence-corrected chi connectivity index (χ0v) is 11.7. The molecular weight excluding hydrogens is 234 g/mol. The second kappa shape index (κ2) is 5.17. The average molecular weight is 255 g/mol. The van der Waals surface area contributed by atoms with E-state index in [4.69, 9.17) is 4.98 Å². The number of benzene rings is 1. The number of aromatic nitrogens is 1. The standard InChI is InChI=1S/C16H21N3/c1-17-10-13-9-16(19(2)11-12-7-8-12)18-15-6-4-3-5-14(13)15/h3-6,9,12,17H,7-8,10-11H2,1-2H3. The normalized spacial score (nSPS) is 14.8. The molecule has 0 amide bonds. The fourth-order valence-corrected chi connectivity index (χ4v) is 2.55. The van der Waals surface area contributed by atoms with Crippen molar-refractivity contribution in [2.24, 2.45) is 5.92 Å². The lowest BCUT2D eigenvalue weighted by atomic mass is 10.1. The lowest BCUT2D eigenvalue weighted by Crippen LogP contribution is -2.21. The van der Waals surface area contributed by atoms with E-state index < -0.39 is 0 Å². The molecule has 0 saturated heterocycles. The molecule has 1 saturated carbocycles. The van der Waals surface area contributed by atoms with Crippen molar-refractivity contribution in [1.29, 1.82) is 0 Å². The van der Waals surface area contributed by atoms with Crippen LogP contribution in [0, 0.1) is 5.92 Å². The van der Waals surface area contributed by atoms with Crippen LogP contribution in [0.4, 0.5) is 5.82 Å². The number of hydrogen-bond donors (Lipinski definition) is 1. The molecule has 0 aliphatic heterocycles. The van der Waals surface area contributed by atoms with Gasteiger partial charge in [0.1, 0.15) is 5.82 Å². The van der Waals surface area contributed by atoms with E-state index in [0.717, 1.165) is 30.3 Å². The maximum Gasteiger partial charge on any atom is 0.129 e. The van der Waals surface area contributed by atoms with Gasteiger partial charge in [-0.3, -0.25) is 0 Å². The Morgan fingerprint density at radius 1 is 1.32 bits per heavy atom. The van der Waals surface area contributed by atoms with E-state index in [-0.39, 0.29) is 0 Å². The van der Waals surface area contributed by atoms with Crippen LogP contribution in [-0.4, -0.2) is 25.6 Å². The van der Waals surface area contributed by atoms with Crippen LogP contribution < -0.4 is 10.2 Å². The smallest absolute Gasteiger partial charge is 0.129 e. The van der Waals surface area contributed by atoms with E-state index in [1.807, 2.05) is 7.05 Å². The topological polar surface area (TPSA) is 28.2 Å². The van der Waals surface area contributed by atoms with Gasteiger partial charge < -0.3 is 10.2 Å². The molecule has 1 fully saturated rings. The van der Waals surface area contributed by atoms with Crippen LogP contribution >= 0.6 is 0 Å². The number of nitrogens with zero attached hydrogens (tertiary/aromatic N) is 2. The fraction of sp³-hybridized carbons (Fsp3) is 0.438. The summed E-state index contributed by atoms with van der Waals surface area (Å²) < 4.78 is 0. The molecule has 3 heteroatoms. The van der Waals surface area contributed by atoms with E-state index in [2.05, 4.69) is 47.6 Å². The van der Waals surface area contributed by atoms with Gasteiger partial charge in [-0.2, -0.15) is 0 Å². The van der Waals surface area contributed by atoms with Gasteiger partial charge in [0.15, 0.2) is 0 Å². The number of pyridine rings is 1. The van der Waals surface area contributed by atoms with Gasteiger partial charge in [-0.15, -0.1) is 0 Å². The van der Waals surface area contributed by atoms with Crippen molar-refractivity contribution in [3.05, 3.63) is 35.9 Å². The van der Waals surface area contributed by atoms with Crippen molar-refractivity contribution in [3.63, 3.8) is 0 Å². The zero-order chi connectivity index (χ0) is 13.2. The summed E-state index contributed by atoms with van der Waals surface area (Å²) in [6.07, 6.45) is 2.75. The summed E-state index contributed by atoms with van der Waals surface area (Å²) in [7, 11) is 4.14. The van der Waals surface area contributed by atoms with E-state index in [1.54, 1.807) is 0 Å². The molecule has 1 N–H and O–H groups in total. The highest BCUT2D eigenvalue weighted by molar-refractivity contribution is 5.84. The molecule has 1 aliphatic rings. The van der Waals surface area contributed by atoms with Gasteiger partial charge in [-0.05, 0) is 43.5 Å². The van der Waals surface area contributed by atoms with E-state index in [9.17, 15) is 0 Å². The average Bonchev–Trinajstić information content (AvgIpc) is 3.23. The van der Waals surface area contributed by atoms with E-state index in [1.165, 1.54) is 23.8 Å². The molecule has 100 valence electrons. The minimum atomic E-state index is 0.881. The summed E-state index contributed by atoms with van der Waals surface area (Å²) in [6.45, 7) is 2.01. The number of hydrogen-bond acceptors (Lipinski definition) is 3. The molecule has 3 nitrogen and oxygen atoms in total. The zero-order valence-electron chi connectivity index (χ0n) is 11.7. The third kappa shape index (κ3) is 2.71. The Morgan fingerprint density at radius 2 is 2.11 bits per heavy atom. The molecule has 0 unspecified atom stereocenters. The monoisotopic (exact) mass is 255 g/mol. The van der Waals surface area contributed by atoms with Gasteiger partial charge in [-0.1, -0.05) is 18.2 Å². The summed E-state index contributed by atoms with van der Waals surface area (Å²) in [5.74, 6) is 1.97. The second-order valence-corrected chi connectivity index (χ2v) is 5.51. The van der Waals surface area contributed by atoms with Gasteiger partial charge in [0.05, 0.1) is 5.52 Å². The molecular formula is C16H21N3. The van der Waals surface area contributed by atoms with Gasteiger partial charge in [0.2, 0.25) is 0 Å². The van der Waals surface area contributed by atoms with Crippen molar-refractivity contribution < 1.29 is 0 Å². The molecule has 1 aliphatic carbocycles. The first-order chi connectivity index (χ1) is 9.28. The van der Waals surface area contributed by atoms with Crippen LogP contribution in [-0.2, 0) is 6.54 Å². The van der Waals surface area contributed by atoms with Crippen LogP contribution in [0.15, 0.2) is 30.3 Å². The van der Waals surface area contributed by atoms with Gasteiger partial charge in [0.25, 0.3) is 0 Å². The quantitative estimate of drug-likeness (QED) is 0.890. The van der Waals surface area contributed by atoms with E-state index in [0.29, 0.717) is 0 Å². The van der Waals surface area contributed by atoms with Crippen LogP contribution in [0.2, 0.25) is 0 Å². The van der Waals surface area contributed by atoms with Gasteiger partial charge >= 0.3 is 0 Å². The maximum absolute atomic E-state index is 4.80. The Labute approximate surface area is 114 Å². The first-order valence-electron chi connectivity index (χ1n) is 7.02. The number of fused-ring (bicyclic) bond motifs is 1. The summed E-state index contributed by atoms with van der Waals surface area (Å²) in [4.78, 5) is 7.09. The van der Waals surface area contributed by atoms with Gasteiger partial charge in [0, 0.05) is 25.5 Å². The summed E-state index contributed by atoms with van der Waals surface area (Å²) in [6, 6.07) is 10.6. The highest BCUT2D eigenvalue weighted by Crippen LogP contribution is 2.31. The first kappa shape index (κ1) is 12.4. The van der Waals surface area contributed by atoms with Crippen LogP contribution in [0.25, 0.3) is 10.9 Å². The Bertz CT molecular complexity index is 575. The van der Waals surface area contributed by atoms with Crippen LogP contribution in [0.5, 0.6) is 0 Å². The Kier molecular flexibility index (Phi) is 3.38. The third-order valence-corrected chi connectivity index (χ3v) is 3.78. The summed E-state index contributed by atoms with van der Waals surface area (Å²) >= 11 is 0. The molecule has 0 bridgehead atoms. The number of rotatable bonds is 5. The molecule has 2 aromatic rings.